The van der Waals surface area contributed by atoms with Gasteiger partial charge >= 0.3 is 11.9 Å². The van der Waals surface area contributed by atoms with E-state index in [1.807, 2.05) is 53.8 Å². The minimum absolute atomic E-state index is 0.336. The van der Waals surface area contributed by atoms with Gasteiger partial charge in [0.2, 0.25) is 11.5 Å². The first kappa shape index (κ1) is 17.1. The highest BCUT2D eigenvalue weighted by Crippen LogP contribution is 2.40. The third kappa shape index (κ3) is 2.93. The molecule has 3 aromatic rings. The van der Waals surface area contributed by atoms with Crippen molar-refractivity contribution in [2.75, 3.05) is 18.1 Å². The number of benzene rings is 2. The maximum absolute atomic E-state index is 12.0. The number of anilines is 1. The van der Waals surface area contributed by atoms with Crippen molar-refractivity contribution in [3.63, 3.8) is 0 Å². The van der Waals surface area contributed by atoms with Gasteiger partial charge < -0.3 is 18.8 Å². The van der Waals surface area contributed by atoms with Crippen LogP contribution < -0.4 is 14.2 Å². The number of hydrogen-bond acceptors (Lipinski definition) is 5. The Morgan fingerprint density at radius 3 is 2.78 bits per heavy atom. The number of fused-ring (bicyclic) bond motifs is 2. The van der Waals surface area contributed by atoms with Crippen molar-refractivity contribution in [3.8, 4) is 5.75 Å². The van der Waals surface area contributed by atoms with Crippen LogP contribution in [-0.2, 0) is 11.8 Å². The number of ether oxygens (including phenoxy) is 2. The van der Waals surface area contributed by atoms with Gasteiger partial charge in [-0.25, -0.2) is 4.79 Å². The van der Waals surface area contributed by atoms with E-state index in [4.69, 9.17) is 13.9 Å². The molecule has 6 heteroatoms. The molecule has 27 heavy (non-hydrogen) atoms. The van der Waals surface area contributed by atoms with Gasteiger partial charge in [0.15, 0.2) is 5.75 Å². The van der Waals surface area contributed by atoms with Crippen LogP contribution in [0.5, 0.6) is 5.75 Å². The number of esters is 1. The van der Waals surface area contributed by atoms with Gasteiger partial charge in [-0.1, -0.05) is 12.1 Å². The Hall–Kier alpha value is -3.28. The molecule has 0 saturated carbocycles. The number of oxazole rings is 1. The molecule has 1 aliphatic heterocycles. The predicted octanol–water partition coefficient (Wildman–Crippen LogP) is 3.65. The van der Waals surface area contributed by atoms with Crippen LogP contribution in [0.15, 0.2) is 52.8 Å². The highest BCUT2D eigenvalue weighted by molar-refractivity contribution is 5.92. The lowest BCUT2D eigenvalue weighted by Crippen LogP contribution is -2.30. The Kier molecular flexibility index (Phi) is 4.32. The summed E-state index contributed by atoms with van der Waals surface area (Å²) in [5.41, 5.74) is 3.17. The van der Waals surface area contributed by atoms with Crippen molar-refractivity contribution in [2.45, 2.75) is 13.8 Å². The molecule has 0 N–H and O–H groups in total. The fourth-order valence-electron chi connectivity index (χ4n) is 3.23. The van der Waals surface area contributed by atoms with Crippen molar-refractivity contribution >= 4 is 28.8 Å². The standard InChI is InChI=1S/C21H21N2O4/c1-4-23-16-12-14(21(24)25-5-2)10-11-18(16)27-20(23)13-19-22(3)15-8-6-7-9-17(15)26-19/h6-13H,4-5H2,1-3H3/q+1. The van der Waals surface area contributed by atoms with E-state index in [9.17, 15) is 4.79 Å². The molecule has 6 nitrogen and oxygen atoms in total. The largest absolute Gasteiger partial charge is 0.462 e. The van der Waals surface area contributed by atoms with Crippen LogP contribution in [0.3, 0.4) is 0 Å². The Labute approximate surface area is 157 Å². The number of carbonyl (C=O) groups is 1. The molecular weight excluding hydrogens is 344 g/mol. The maximum atomic E-state index is 12.0. The lowest BCUT2D eigenvalue weighted by Gasteiger charge is -2.15. The Balaban J connectivity index is 1.72. The first-order valence-electron chi connectivity index (χ1n) is 8.98. The summed E-state index contributed by atoms with van der Waals surface area (Å²) in [6, 6.07) is 13.2. The number of carbonyl (C=O) groups excluding carboxylic acids is 1. The zero-order valence-corrected chi connectivity index (χ0v) is 15.6. The minimum atomic E-state index is -0.336. The smallest absolute Gasteiger partial charge is 0.379 e. The summed E-state index contributed by atoms with van der Waals surface area (Å²) in [6.07, 6.45) is 1.87. The molecule has 0 aliphatic carbocycles. The molecule has 4 rings (SSSR count). The van der Waals surface area contributed by atoms with E-state index < -0.39 is 0 Å². The highest BCUT2D eigenvalue weighted by Gasteiger charge is 2.29. The van der Waals surface area contributed by atoms with Crippen LogP contribution >= 0.6 is 0 Å². The fraction of sp³-hybridized carbons (Fsp3) is 0.238. The van der Waals surface area contributed by atoms with Gasteiger partial charge in [-0.05, 0) is 38.1 Å². The highest BCUT2D eigenvalue weighted by atomic mass is 16.5. The molecule has 0 saturated heterocycles. The normalized spacial score (nSPS) is 14.5. The molecular formula is C21H21N2O4+. The van der Waals surface area contributed by atoms with E-state index in [1.54, 1.807) is 25.1 Å². The van der Waals surface area contributed by atoms with Crippen LogP contribution in [0.4, 0.5) is 5.69 Å². The lowest BCUT2D eigenvalue weighted by atomic mass is 10.2. The molecule has 0 radical (unpaired) electrons. The fourth-order valence-corrected chi connectivity index (χ4v) is 3.23. The number of aryl methyl sites for hydroxylation is 1. The summed E-state index contributed by atoms with van der Waals surface area (Å²) in [7, 11) is 1.95. The third-order valence-electron chi connectivity index (χ3n) is 4.58. The van der Waals surface area contributed by atoms with Gasteiger partial charge in [0.1, 0.15) is 13.1 Å². The summed E-state index contributed by atoms with van der Waals surface area (Å²) in [4.78, 5) is 14.0. The number of nitrogens with zero attached hydrogens (tertiary/aromatic N) is 2. The number of aromatic nitrogens is 1. The van der Waals surface area contributed by atoms with Crippen molar-refractivity contribution < 1.29 is 23.3 Å². The minimum Gasteiger partial charge on any atom is -0.462 e. The van der Waals surface area contributed by atoms with E-state index in [0.29, 0.717) is 36.2 Å². The predicted molar refractivity (Wildman–Crippen MR) is 101 cm³/mol. The number of hydrogen-bond donors (Lipinski definition) is 0. The molecule has 0 bridgehead atoms. The van der Waals surface area contributed by atoms with Crippen molar-refractivity contribution in [1.82, 2.24) is 0 Å². The second-order valence-corrected chi connectivity index (χ2v) is 6.20. The van der Waals surface area contributed by atoms with E-state index in [1.165, 1.54) is 0 Å². The van der Waals surface area contributed by atoms with E-state index in [-0.39, 0.29) is 5.97 Å². The average Bonchev–Trinajstić information content (AvgIpc) is 3.19. The molecule has 138 valence electrons. The monoisotopic (exact) mass is 365 g/mol. The first-order chi connectivity index (χ1) is 13.1. The molecule has 0 spiro atoms. The van der Waals surface area contributed by atoms with Crippen molar-refractivity contribution in [3.05, 3.63) is 59.8 Å². The summed E-state index contributed by atoms with van der Waals surface area (Å²) >= 11 is 0. The van der Waals surface area contributed by atoms with Crippen LogP contribution in [0, 0.1) is 0 Å². The summed E-state index contributed by atoms with van der Waals surface area (Å²) in [5, 5.41) is 0. The molecule has 0 amide bonds. The quantitative estimate of drug-likeness (QED) is 0.522. The second-order valence-electron chi connectivity index (χ2n) is 6.20. The summed E-state index contributed by atoms with van der Waals surface area (Å²) < 4.78 is 19.0. The van der Waals surface area contributed by atoms with Gasteiger partial charge in [0.05, 0.1) is 17.9 Å². The summed E-state index contributed by atoms with van der Waals surface area (Å²) in [5.74, 6) is 1.71. The number of para-hydroxylation sites is 2. The Morgan fingerprint density at radius 1 is 1.22 bits per heavy atom. The number of rotatable bonds is 4. The lowest BCUT2D eigenvalue weighted by molar-refractivity contribution is -0.652. The van der Waals surface area contributed by atoms with Gasteiger partial charge in [0.25, 0.3) is 5.52 Å². The van der Waals surface area contributed by atoms with Gasteiger partial charge in [-0.2, -0.15) is 4.57 Å². The molecule has 2 aromatic carbocycles. The van der Waals surface area contributed by atoms with E-state index in [2.05, 4.69) is 0 Å². The van der Waals surface area contributed by atoms with Crippen LogP contribution in [0.1, 0.15) is 30.1 Å². The van der Waals surface area contributed by atoms with Crippen LogP contribution in [-0.4, -0.2) is 19.1 Å². The topological polar surface area (TPSA) is 55.8 Å². The maximum Gasteiger partial charge on any atom is 0.379 e. The molecule has 0 fully saturated rings. The molecule has 1 aromatic heterocycles. The van der Waals surface area contributed by atoms with Gasteiger partial charge in [0, 0.05) is 12.6 Å². The van der Waals surface area contributed by atoms with Crippen LogP contribution in [0.25, 0.3) is 17.2 Å². The average molecular weight is 365 g/mol. The Morgan fingerprint density at radius 2 is 2.04 bits per heavy atom. The molecule has 2 heterocycles. The molecule has 0 atom stereocenters. The van der Waals surface area contributed by atoms with Crippen molar-refractivity contribution in [2.24, 2.45) is 7.05 Å². The van der Waals surface area contributed by atoms with Crippen molar-refractivity contribution in [1.29, 1.82) is 0 Å². The second kappa shape index (κ2) is 6.79. The van der Waals surface area contributed by atoms with E-state index >= 15 is 0 Å². The zero-order chi connectivity index (χ0) is 19.0. The van der Waals surface area contributed by atoms with Crippen LogP contribution in [0.2, 0.25) is 0 Å². The first-order valence-corrected chi connectivity index (χ1v) is 8.98. The molecule has 1 aliphatic rings. The van der Waals surface area contributed by atoms with Gasteiger partial charge in [-0.3, -0.25) is 0 Å². The zero-order valence-electron chi connectivity index (χ0n) is 15.6. The van der Waals surface area contributed by atoms with Gasteiger partial charge in [-0.15, -0.1) is 0 Å². The third-order valence-corrected chi connectivity index (χ3v) is 4.58. The molecule has 0 unspecified atom stereocenters. The summed E-state index contributed by atoms with van der Waals surface area (Å²) in [6.45, 7) is 4.86. The SMILES string of the molecule is CCOC(=O)c1ccc2c(c1)N(CC)C(=Cc1oc3ccccc3[n+]1C)O2. The Bertz CT molecular complexity index is 1050. The van der Waals surface area contributed by atoms with E-state index in [0.717, 1.165) is 16.8 Å².